The Morgan fingerprint density at radius 3 is 2.69 bits per heavy atom. The summed E-state index contributed by atoms with van der Waals surface area (Å²) in [5.74, 6) is 0.447. The molecule has 0 saturated carbocycles. The van der Waals surface area contributed by atoms with Gasteiger partial charge in [-0.05, 0) is 30.0 Å². The largest absolute Gasteiger partial charge is 0.390 e. The van der Waals surface area contributed by atoms with Crippen LogP contribution < -0.4 is 0 Å². The second-order valence-electron chi connectivity index (χ2n) is 4.50. The minimum atomic E-state index is -0.418. The second-order valence-corrected chi connectivity index (χ2v) is 4.94. The molecule has 1 heterocycles. The number of hydrogen-bond acceptors (Lipinski definition) is 2. The molecule has 0 bridgehead atoms. The molecular weight excluding hydrogens is 224 g/mol. The van der Waals surface area contributed by atoms with Gasteiger partial charge in [0.1, 0.15) is 0 Å². The molecule has 1 saturated heterocycles. The van der Waals surface area contributed by atoms with Crippen LogP contribution >= 0.6 is 11.6 Å². The van der Waals surface area contributed by atoms with Crippen molar-refractivity contribution >= 4 is 11.6 Å². The van der Waals surface area contributed by atoms with Crippen LogP contribution in [-0.2, 0) is 11.2 Å². The van der Waals surface area contributed by atoms with Crippen LogP contribution in [0.1, 0.15) is 18.9 Å². The molecule has 1 N–H and O–H groups in total. The number of halogens is 1. The summed E-state index contributed by atoms with van der Waals surface area (Å²) < 4.78 is 5.55. The molecule has 3 atom stereocenters. The van der Waals surface area contributed by atoms with E-state index in [1.54, 1.807) is 0 Å². The Kier molecular flexibility index (Phi) is 3.85. The summed E-state index contributed by atoms with van der Waals surface area (Å²) in [6, 6.07) is 7.60. The van der Waals surface area contributed by atoms with E-state index in [-0.39, 0.29) is 6.10 Å². The molecule has 3 unspecified atom stereocenters. The van der Waals surface area contributed by atoms with Crippen molar-refractivity contribution in [3.8, 4) is 0 Å². The fourth-order valence-corrected chi connectivity index (χ4v) is 2.31. The monoisotopic (exact) mass is 240 g/mol. The van der Waals surface area contributed by atoms with Crippen LogP contribution in [0.4, 0.5) is 0 Å². The normalized spacial score (nSPS) is 26.9. The maximum absolute atomic E-state index is 10.1. The number of aliphatic hydroxyl groups excluding tert-OH is 1. The lowest BCUT2D eigenvalue weighted by molar-refractivity contribution is -0.0157. The van der Waals surface area contributed by atoms with Gasteiger partial charge < -0.3 is 9.84 Å². The Bertz CT molecular complexity index is 336. The molecule has 2 nitrogen and oxygen atoms in total. The lowest BCUT2D eigenvalue weighted by Gasteiger charge is -2.21. The van der Waals surface area contributed by atoms with Crippen molar-refractivity contribution in [2.75, 3.05) is 6.61 Å². The summed E-state index contributed by atoms with van der Waals surface area (Å²) >= 11 is 5.81. The molecule has 1 aliphatic rings. The quantitative estimate of drug-likeness (QED) is 0.880. The third-order valence-electron chi connectivity index (χ3n) is 3.18. The average molecular weight is 241 g/mol. The molecule has 1 aliphatic heterocycles. The van der Waals surface area contributed by atoms with Crippen molar-refractivity contribution in [2.24, 2.45) is 5.92 Å². The van der Waals surface area contributed by atoms with E-state index in [2.05, 4.69) is 6.92 Å². The van der Waals surface area contributed by atoms with Crippen molar-refractivity contribution in [2.45, 2.75) is 32.0 Å². The zero-order chi connectivity index (χ0) is 11.5. The van der Waals surface area contributed by atoms with Gasteiger partial charge in [-0.15, -0.1) is 0 Å². The average Bonchev–Trinajstić information content (AvgIpc) is 2.68. The maximum atomic E-state index is 10.1. The Hall–Kier alpha value is -0.570. The lowest BCUT2D eigenvalue weighted by atomic mass is 9.95. The van der Waals surface area contributed by atoms with Crippen molar-refractivity contribution in [1.82, 2.24) is 0 Å². The summed E-state index contributed by atoms with van der Waals surface area (Å²) in [7, 11) is 0. The van der Waals surface area contributed by atoms with E-state index in [0.29, 0.717) is 12.3 Å². The van der Waals surface area contributed by atoms with Crippen molar-refractivity contribution in [3.63, 3.8) is 0 Å². The number of aliphatic hydroxyl groups is 1. The Balaban J connectivity index is 1.96. The molecule has 0 aromatic heterocycles. The van der Waals surface area contributed by atoms with Gasteiger partial charge in [0.05, 0.1) is 12.2 Å². The zero-order valence-electron chi connectivity index (χ0n) is 9.40. The molecule has 0 aliphatic carbocycles. The van der Waals surface area contributed by atoms with E-state index in [1.807, 2.05) is 24.3 Å². The summed E-state index contributed by atoms with van der Waals surface area (Å²) in [6.07, 6.45) is 1.24. The van der Waals surface area contributed by atoms with Gasteiger partial charge in [0, 0.05) is 18.1 Å². The highest BCUT2D eigenvalue weighted by molar-refractivity contribution is 6.30. The maximum Gasteiger partial charge on any atom is 0.0863 e. The summed E-state index contributed by atoms with van der Waals surface area (Å²) in [5.41, 5.74) is 1.10. The smallest absolute Gasteiger partial charge is 0.0863 e. The second kappa shape index (κ2) is 5.17. The highest BCUT2D eigenvalue weighted by Gasteiger charge is 2.30. The number of hydrogen-bond donors (Lipinski definition) is 1. The standard InChI is InChI=1S/C13H17ClO2/c1-9-6-7-16-13(9)12(15)8-10-2-4-11(14)5-3-10/h2-5,9,12-13,15H,6-8H2,1H3. The Morgan fingerprint density at radius 2 is 2.12 bits per heavy atom. The Morgan fingerprint density at radius 1 is 1.44 bits per heavy atom. The van der Waals surface area contributed by atoms with Crippen molar-refractivity contribution in [3.05, 3.63) is 34.9 Å². The van der Waals surface area contributed by atoms with Gasteiger partial charge in [-0.25, -0.2) is 0 Å². The molecule has 1 fully saturated rings. The molecule has 1 aromatic carbocycles. The third kappa shape index (κ3) is 2.76. The fraction of sp³-hybridized carbons (Fsp3) is 0.538. The van der Waals surface area contributed by atoms with E-state index in [0.717, 1.165) is 23.6 Å². The molecule has 1 aromatic rings. The molecule has 2 rings (SSSR count). The van der Waals surface area contributed by atoms with Crippen LogP contribution in [-0.4, -0.2) is 23.9 Å². The first-order valence-corrected chi connectivity index (χ1v) is 6.08. The van der Waals surface area contributed by atoms with E-state index in [4.69, 9.17) is 16.3 Å². The minimum absolute atomic E-state index is 0.0179. The molecule has 0 spiro atoms. The molecule has 0 amide bonds. The van der Waals surface area contributed by atoms with Crippen molar-refractivity contribution in [1.29, 1.82) is 0 Å². The summed E-state index contributed by atoms with van der Waals surface area (Å²) in [5, 5.41) is 10.8. The van der Waals surface area contributed by atoms with Gasteiger partial charge in [-0.2, -0.15) is 0 Å². The highest BCUT2D eigenvalue weighted by atomic mass is 35.5. The molecule has 88 valence electrons. The highest BCUT2D eigenvalue weighted by Crippen LogP contribution is 2.24. The van der Waals surface area contributed by atoms with Crippen LogP contribution in [0.2, 0.25) is 5.02 Å². The predicted molar refractivity (Wildman–Crippen MR) is 64.7 cm³/mol. The van der Waals surface area contributed by atoms with Gasteiger partial charge in [-0.3, -0.25) is 0 Å². The van der Waals surface area contributed by atoms with Gasteiger partial charge in [0.15, 0.2) is 0 Å². The van der Waals surface area contributed by atoms with Crippen LogP contribution in [0.3, 0.4) is 0 Å². The Labute approximate surface area is 101 Å². The summed E-state index contributed by atoms with van der Waals surface area (Å²) in [4.78, 5) is 0. The van der Waals surface area contributed by atoms with Crippen molar-refractivity contribution < 1.29 is 9.84 Å². The lowest BCUT2D eigenvalue weighted by Crippen LogP contribution is -2.31. The molecule has 3 heteroatoms. The van der Waals surface area contributed by atoms with Crippen LogP contribution in [0.5, 0.6) is 0 Å². The SMILES string of the molecule is CC1CCOC1C(O)Cc1ccc(Cl)cc1. The number of ether oxygens (including phenoxy) is 1. The third-order valence-corrected chi connectivity index (χ3v) is 3.43. The van der Waals surface area contributed by atoms with Gasteiger partial charge in [0.25, 0.3) is 0 Å². The van der Waals surface area contributed by atoms with Gasteiger partial charge >= 0.3 is 0 Å². The summed E-state index contributed by atoms with van der Waals surface area (Å²) in [6.45, 7) is 2.90. The van der Waals surface area contributed by atoms with Crippen LogP contribution in [0.25, 0.3) is 0 Å². The van der Waals surface area contributed by atoms with Crippen LogP contribution in [0, 0.1) is 5.92 Å². The molecule has 16 heavy (non-hydrogen) atoms. The molecular formula is C13H17ClO2. The predicted octanol–water partition coefficient (Wildman–Crippen LogP) is 2.67. The minimum Gasteiger partial charge on any atom is -0.390 e. The first kappa shape index (κ1) is 11.9. The molecule has 0 radical (unpaired) electrons. The van der Waals surface area contributed by atoms with Gasteiger partial charge in [0.2, 0.25) is 0 Å². The van der Waals surface area contributed by atoms with E-state index in [1.165, 1.54) is 0 Å². The van der Waals surface area contributed by atoms with E-state index < -0.39 is 6.10 Å². The topological polar surface area (TPSA) is 29.5 Å². The van der Waals surface area contributed by atoms with Gasteiger partial charge in [-0.1, -0.05) is 30.7 Å². The van der Waals surface area contributed by atoms with E-state index >= 15 is 0 Å². The number of rotatable bonds is 3. The van der Waals surface area contributed by atoms with E-state index in [9.17, 15) is 5.11 Å². The van der Waals surface area contributed by atoms with Crippen LogP contribution in [0.15, 0.2) is 24.3 Å². The fourth-order valence-electron chi connectivity index (χ4n) is 2.19. The first-order chi connectivity index (χ1) is 7.66. The number of benzene rings is 1. The zero-order valence-corrected chi connectivity index (χ0v) is 10.2. The first-order valence-electron chi connectivity index (χ1n) is 5.71.